The van der Waals surface area contributed by atoms with Crippen molar-refractivity contribution in [3.63, 3.8) is 0 Å². The zero-order valence-corrected chi connectivity index (χ0v) is 13.2. The molecule has 1 saturated heterocycles. The fourth-order valence-electron chi connectivity index (χ4n) is 4.35. The molecule has 2 heteroatoms. The van der Waals surface area contributed by atoms with E-state index in [9.17, 15) is 0 Å². The number of hydrogen-bond acceptors (Lipinski definition) is 2. The summed E-state index contributed by atoms with van der Waals surface area (Å²) in [5.41, 5.74) is 4.40. The van der Waals surface area contributed by atoms with Gasteiger partial charge in [0.1, 0.15) is 5.75 Å². The molecule has 2 aromatic carbocycles. The lowest BCUT2D eigenvalue weighted by Gasteiger charge is -2.43. The predicted molar refractivity (Wildman–Crippen MR) is 89.3 cm³/mol. The van der Waals surface area contributed by atoms with E-state index in [0.717, 1.165) is 24.8 Å². The molecular weight excluding hydrogens is 270 g/mol. The second-order valence-electron chi connectivity index (χ2n) is 6.72. The molecule has 1 aliphatic carbocycles. The van der Waals surface area contributed by atoms with Crippen LogP contribution in [0.15, 0.2) is 48.5 Å². The SMILES string of the molecule is COc1cccc2c1C1CC(C2)CN(Cc2ccccc2)C1. The van der Waals surface area contributed by atoms with Crippen LogP contribution in [0.2, 0.25) is 0 Å². The van der Waals surface area contributed by atoms with Crippen molar-refractivity contribution in [1.29, 1.82) is 0 Å². The summed E-state index contributed by atoms with van der Waals surface area (Å²) >= 11 is 0. The van der Waals surface area contributed by atoms with Gasteiger partial charge in [0, 0.05) is 31.1 Å². The van der Waals surface area contributed by atoms with E-state index >= 15 is 0 Å². The monoisotopic (exact) mass is 293 g/mol. The van der Waals surface area contributed by atoms with Gasteiger partial charge in [-0.15, -0.1) is 0 Å². The van der Waals surface area contributed by atoms with E-state index in [0.29, 0.717) is 5.92 Å². The Hall–Kier alpha value is -1.80. The number of piperidine rings is 1. The van der Waals surface area contributed by atoms with Gasteiger partial charge in [-0.3, -0.25) is 4.90 Å². The zero-order valence-electron chi connectivity index (χ0n) is 13.2. The topological polar surface area (TPSA) is 12.5 Å². The number of ether oxygens (including phenoxy) is 1. The van der Waals surface area contributed by atoms with Crippen molar-refractivity contribution in [2.24, 2.45) is 5.92 Å². The van der Waals surface area contributed by atoms with E-state index in [1.165, 1.54) is 36.1 Å². The quantitative estimate of drug-likeness (QED) is 0.852. The van der Waals surface area contributed by atoms with Gasteiger partial charge in [-0.05, 0) is 36.0 Å². The standard InChI is InChI=1S/C20H23NO/c1-22-19-9-5-8-17-10-16-11-18(20(17)19)14-21(13-16)12-15-6-3-2-4-7-15/h2-9,16,18H,10-14H2,1H3. The smallest absolute Gasteiger partial charge is 0.122 e. The molecule has 0 aromatic heterocycles. The molecule has 2 aliphatic rings. The molecule has 4 rings (SSSR count). The summed E-state index contributed by atoms with van der Waals surface area (Å²) in [7, 11) is 1.80. The second-order valence-corrected chi connectivity index (χ2v) is 6.72. The molecule has 0 saturated carbocycles. The van der Waals surface area contributed by atoms with Crippen LogP contribution < -0.4 is 4.74 Å². The lowest BCUT2D eigenvalue weighted by atomic mass is 9.73. The van der Waals surface area contributed by atoms with Gasteiger partial charge < -0.3 is 4.74 Å². The van der Waals surface area contributed by atoms with Crippen LogP contribution >= 0.6 is 0 Å². The minimum atomic E-state index is 0.627. The van der Waals surface area contributed by atoms with Crippen molar-refractivity contribution in [3.8, 4) is 5.75 Å². The largest absolute Gasteiger partial charge is 0.496 e. The fourth-order valence-corrected chi connectivity index (χ4v) is 4.35. The van der Waals surface area contributed by atoms with Crippen molar-refractivity contribution in [3.05, 3.63) is 65.2 Å². The average Bonchev–Trinajstić information content (AvgIpc) is 2.55. The van der Waals surface area contributed by atoms with Crippen LogP contribution in [-0.2, 0) is 13.0 Å². The van der Waals surface area contributed by atoms with Gasteiger partial charge in [-0.25, -0.2) is 0 Å². The van der Waals surface area contributed by atoms with Crippen molar-refractivity contribution < 1.29 is 4.74 Å². The number of benzene rings is 2. The highest BCUT2D eigenvalue weighted by atomic mass is 16.5. The lowest BCUT2D eigenvalue weighted by Crippen LogP contribution is -2.42. The van der Waals surface area contributed by atoms with E-state index < -0.39 is 0 Å². The Bertz CT molecular complexity index is 652. The first-order valence-electron chi connectivity index (χ1n) is 8.25. The van der Waals surface area contributed by atoms with E-state index in [-0.39, 0.29) is 0 Å². The summed E-state index contributed by atoms with van der Waals surface area (Å²) in [5.74, 6) is 2.51. The first kappa shape index (κ1) is 13.8. The number of methoxy groups -OCH3 is 1. The Labute approximate surface area is 132 Å². The Morgan fingerprint density at radius 3 is 2.73 bits per heavy atom. The lowest BCUT2D eigenvalue weighted by molar-refractivity contribution is 0.136. The molecule has 0 amide bonds. The molecule has 0 N–H and O–H groups in total. The van der Waals surface area contributed by atoms with Crippen LogP contribution in [0.25, 0.3) is 0 Å². The summed E-state index contributed by atoms with van der Waals surface area (Å²) in [6.45, 7) is 3.44. The summed E-state index contributed by atoms with van der Waals surface area (Å²) in [4.78, 5) is 2.63. The van der Waals surface area contributed by atoms with Crippen molar-refractivity contribution in [1.82, 2.24) is 4.90 Å². The van der Waals surface area contributed by atoms with Crippen LogP contribution in [-0.4, -0.2) is 25.1 Å². The Morgan fingerprint density at radius 2 is 1.91 bits per heavy atom. The molecule has 2 bridgehead atoms. The normalized spacial score (nSPS) is 23.9. The molecule has 0 radical (unpaired) electrons. The van der Waals surface area contributed by atoms with Gasteiger partial charge in [0.15, 0.2) is 0 Å². The van der Waals surface area contributed by atoms with Crippen LogP contribution in [0.1, 0.15) is 29.0 Å². The maximum atomic E-state index is 5.64. The minimum absolute atomic E-state index is 0.627. The fraction of sp³-hybridized carbons (Fsp3) is 0.400. The summed E-state index contributed by atoms with van der Waals surface area (Å²) < 4.78 is 5.64. The van der Waals surface area contributed by atoms with Gasteiger partial charge >= 0.3 is 0 Å². The zero-order chi connectivity index (χ0) is 14.9. The highest BCUT2D eigenvalue weighted by Gasteiger charge is 2.35. The van der Waals surface area contributed by atoms with Gasteiger partial charge in [-0.1, -0.05) is 42.5 Å². The minimum Gasteiger partial charge on any atom is -0.496 e. The number of fused-ring (bicyclic) bond motifs is 4. The summed E-state index contributed by atoms with van der Waals surface area (Å²) in [6, 6.07) is 17.4. The second kappa shape index (κ2) is 5.77. The molecular formula is C20H23NO. The van der Waals surface area contributed by atoms with E-state index in [2.05, 4.69) is 53.4 Å². The van der Waals surface area contributed by atoms with E-state index in [1.54, 1.807) is 7.11 Å². The Morgan fingerprint density at radius 1 is 1.05 bits per heavy atom. The third kappa shape index (κ3) is 2.52. The third-order valence-electron chi connectivity index (χ3n) is 5.16. The van der Waals surface area contributed by atoms with Gasteiger partial charge in [0.05, 0.1) is 7.11 Å². The molecule has 0 spiro atoms. The Kier molecular flexibility index (Phi) is 3.63. The van der Waals surface area contributed by atoms with Crippen LogP contribution in [0.5, 0.6) is 5.75 Å². The molecule has 22 heavy (non-hydrogen) atoms. The molecule has 1 aliphatic heterocycles. The molecule has 1 heterocycles. The maximum Gasteiger partial charge on any atom is 0.122 e. The van der Waals surface area contributed by atoms with Crippen LogP contribution in [0, 0.1) is 5.92 Å². The average molecular weight is 293 g/mol. The number of hydrogen-bond donors (Lipinski definition) is 0. The number of rotatable bonds is 3. The molecule has 2 nitrogen and oxygen atoms in total. The first-order chi connectivity index (χ1) is 10.8. The van der Waals surface area contributed by atoms with E-state index in [1.807, 2.05) is 0 Å². The maximum absolute atomic E-state index is 5.64. The van der Waals surface area contributed by atoms with Crippen LogP contribution in [0.4, 0.5) is 0 Å². The predicted octanol–water partition coefficient (Wildman–Crippen LogP) is 3.86. The van der Waals surface area contributed by atoms with Crippen LogP contribution in [0.3, 0.4) is 0 Å². The first-order valence-corrected chi connectivity index (χ1v) is 8.25. The molecule has 114 valence electrons. The van der Waals surface area contributed by atoms with Crippen molar-refractivity contribution in [2.75, 3.05) is 20.2 Å². The van der Waals surface area contributed by atoms with E-state index in [4.69, 9.17) is 4.74 Å². The molecule has 2 aromatic rings. The Balaban J connectivity index is 1.59. The molecule has 1 fully saturated rings. The van der Waals surface area contributed by atoms with Gasteiger partial charge in [0.2, 0.25) is 0 Å². The highest BCUT2D eigenvalue weighted by Crippen LogP contribution is 2.43. The van der Waals surface area contributed by atoms with Gasteiger partial charge in [0.25, 0.3) is 0 Å². The highest BCUT2D eigenvalue weighted by molar-refractivity contribution is 5.45. The third-order valence-corrected chi connectivity index (χ3v) is 5.16. The molecule has 2 unspecified atom stereocenters. The van der Waals surface area contributed by atoms with Gasteiger partial charge in [-0.2, -0.15) is 0 Å². The molecule has 2 atom stereocenters. The van der Waals surface area contributed by atoms with Crippen molar-refractivity contribution >= 4 is 0 Å². The summed E-state index contributed by atoms with van der Waals surface area (Å²) in [6.07, 6.45) is 2.52. The van der Waals surface area contributed by atoms with Crippen molar-refractivity contribution in [2.45, 2.75) is 25.3 Å². The number of nitrogens with zero attached hydrogens (tertiary/aromatic N) is 1. The summed E-state index contributed by atoms with van der Waals surface area (Å²) in [5, 5.41) is 0. The number of likely N-dealkylation sites (tertiary alicyclic amines) is 1.